The third kappa shape index (κ3) is 5.08. The third-order valence-corrected chi connectivity index (χ3v) is 5.07. The van der Waals surface area contributed by atoms with Crippen LogP contribution >= 0.6 is 11.6 Å². The normalized spacial score (nSPS) is 13.7. The molecule has 31 heavy (non-hydrogen) atoms. The van der Waals surface area contributed by atoms with E-state index in [1.807, 2.05) is 6.92 Å². The molecular weight excluding hydrogens is 427 g/mol. The van der Waals surface area contributed by atoms with Crippen molar-refractivity contribution in [3.8, 4) is 0 Å². The molecular formula is C22H20ClFN2O5. The van der Waals surface area contributed by atoms with E-state index in [-0.39, 0.29) is 36.0 Å². The summed E-state index contributed by atoms with van der Waals surface area (Å²) in [5.74, 6) is -2.60. The van der Waals surface area contributed by atoms with Gasteiger partial charge in [-0.3, -0.25) is 24.1 Å². The van der Waals surface area contributed by atoms with Gasteiger partial charge in [-0.15, -0.1) is 0 Å². The number of esters is 1. The maximum absolute atomic E-state index is 13.1. The van der Waals surface area contributed by atoms with Gasteiger partial charge in [0.05, 0.1) is 21.8 Å². The first-order valence-electron chi connectivity index (χ1n) is 9.59. The highest BCUT2D eigenvalue weighted by Gasteiger charge is 2.35. The molecule has 1 aliphatic rings. The highest BCUT2D eigenvalue weighted by molar-refractivity contribution is 6.33. The SMILES string of the molecule is Cc1ccc2c(c1)C(=O)N(CCCC(=O)OC(C)C(=O)Nc1ccc(F)cc1Cl)C2=O. The zero-order valence-electron chi connectivity index (χ0n) is 16.9. The molecule has 0 bridgehead atoms. The van der Waals surface area contributed by atoms with Gasteiger partial charge in [-0.25, -0.2) is 4.39 Å². The first-order valence-corrected chi connectivity index (χ1v) is 9.97. The first-order chi connectivity index (χ1) is 14.7. The third-order valence-electron chi connectivity index (χ3n) is 4.76. The van der Waals surface area contributed by atoms with Crippen molar-refractivity contribution in [1.82, 2.24) is 4.90 Å². The molecule has 3 amide bonds. The molecule has 0 aromatic heterocycles. The van der Waals surface area contributed by atoms with Crippen LogP contribution in [0.4, 0.5) is 10.1 Å². The molecule has 2 aromatic rings. The molecule has 0 saturated heterocycles. The Bertz CT molecular complexity index is 1070. The topological polar surface area (TPSA) is 92.8 Å². The maximum atomic E-state index is 13.1. The first kappa shape index (κ1) is 22.4. The number of anilines is 1. The molecule has 1 atom stereocenters. The minimum Gasteiger partial charge on any atom is -0.453 e. The smallest absolute Gasteiger partial charge is 0.306 e. The van der Waals surface area contributed by atoms with Crippen LogP contribution in [0.15, 0.2) is 36.4 Å². The number of halogens is 2. The van der Waals surface area contributed by atoms with E-state index in [0.29, 0.717) is 11.1 Å². The Morgan fingerprint density at radius 3 is 2.55 bits per heavy atom. The molecule has 7 nitrogen and oxygen atoms in total. The minimum absolute atomic E-state index is 0.0167. The maximum Gasteiger partial charge on any atom is 0.306 e. The number of hydrogen-bond donors (Lipinski definition) is 1. The zero-order valence-corrected chi connectivity index (χ0v) is 17.7. The Morgan fingerprint density at radius 2 is 1.84 bits per heavy atom. The number of fused-ring (bicyclic) bond motifs is 1. The highest BCUT2D eigenvalue weighted by Crippen LogP contribution is 2.25. The van der Waals surface area contributed by atoms with Crippen molar-refractivity contribution in [2.75, 3.05) is 11.9 Å². The van der Waals surface area contributed by atoms with Crippen molar-refractivity contribution >= 4 is 41.0 Å². The molecule has 2 aromatic carbocycles. The van der Waals surface area contributed by atoms with Crippen LogP contribution in [-0.4, -0.2) is 41.2 Å². The fraction of sp³-hybridized carbons (Fsp3) is 0.273. The second-order valence-corrected chi connectivity index (χ2v) is 7.57. The van der Waals surface area contributed by atoms with Crippen molar-refractivity contribution in [2.24, 2.45) is 0 Å². The van der Waals surface area contributed by atoms with Crippen LogP contribution in [0.2, 0.25) is 5.02 Å². The Labute approximate surface area is 183 Å². The quantitative estimate of drug-likeness (QED) is 0.516. The van der Waals surface area contributed by atoms with E-state index >= 15 is 0 Å². The molecule has 162 valence electrons. The average molecular weight is 447 g/mol. The number of carbonyl (C=O) groups is 4. The molecule has 0 fully saturated rings. The van der Waals surface area contributed by atoms with Gasteiger partial charge in [0.1, 0.15) is 5.82 Å². The van der Waals surface area contributed by atoms with Gasteiger partial charge >= 0.3 is 5.97 Å². The number of nitrogens with one attached hydrogen (secondary N) is 1. The summed E-state index contributed by atoms with van der Waals surface area (Å²) in [5.41, 5.74) is 1.77. The van der Waals surface area contributed by atoms with Crippen LogP contribution < -0.4 is 5.32 Å². The molecule has 0 radical (unpaired) electrons. The molecule has 0 spiro atoms. The van der Waals surface area contributed by atoms with Crippen LogP contribution in [0.3, 0.4) is 0 Å². The summed E-state index contributed by atoms with van der Waals surface area (Å²) >= 11 is 5.86. The lowest BCUT2D eigenvalue weighted by molar-refractivity contribution is -0.153. The van der Waals surface area contributed by atoms with Gasteiger partial charge in [-0.1, -0.05) is 23.2 Å². The van der Waals surface area contributed by atoms with Crippen LogP contribution in [0.1, 0.15) is 46.0 Å². The number of amides is 3. The summed E-state index contributed by atoms with van der Waals surface area (Å²) in [7, 11) is 0. The van der Waals surface area contributed by atoms with Crippen LogP contribution in [-0.2, 0) is 14.3 Å². The number of imide groups is 1. The predicted octanol–water partition coefficient (Wildman–Crippen LogP) is 3.73. The number of ether oxygens (including phenoxy) is 1. The fourth-order valence-electron chi connectivity index (χ4n) is 3.12. The van der Waals surface area contributed by atoms with E-state index in [1.54, 1.807) is 18.2 Å². The van der Waals surface area contributed by atoms with E-state index in [2.05, 4.69) is 5.32 Å². The fourth-order valence-corrected chi connectivity index (χ4v) is 3.34. The van der Waals surface area contributed by atoms with Crippen LogP contribution in [0.5, 0.6) is 0 Å². The van der Waals surface area contributed by atoms with Crippen LogP contribution in [0.25, 0.3) is 0 Å². The lowest BCUT2D eigenvalue weighted by atomic mass is 10.1. The number of hydrogen-bond acceptors (Lipinski definition) is 5. The number of carbonyl (C=O) groups excluding carboxylic acids is 4. The lowest BCUT2D eigenvalue weighted by Gasteiger charge is -2.16. The standard InChI is InChI=1S/C22H20ClFN2O5/c1-12-5-7-15-16(10-12)22(30)26(21(15)29)9-3-4-19(27)31-13(2)20(28)25-18-8-6-14(24)11-17(18)23/h5-8,10-11,13H,3-4,9H2,1-2H3,(H,25,28). The molecule has 9 heteroatoms. The molecule has 1 unspecified atom stereocenters. The summed E-state index contributed by atoms with van der Waals surface area (Å²) in [6.45, 7) is 3.28. The minimum atomic E-state index is -1.11. The summed E-state index contributed by atoms with van der Waals surface area (Å²) in [5, 5.41) is 2.47. The van der Waals surface area contributed by atoms with Crippen molar-refractivity contribution in [3.63, 3.8) is 0 Å². The van der Waals surface area contributed by atoms with E-state index in [9.17, 15) is 23.6 Å². The van der Waals surface area contributed by atoms with Gasteiger partial charge in [0.25, 0.3) is 17.7 Å². The average Bonchev–Trinajstić information content (AvgIpc) is 2.94. The van der Waals surface area contributed by atoms with E-state index < -0.39 is 29.7 Å². The Hall–Kier alpha value is -3.26. The van der Waals surface area contributed by atoms with Crippen molar-refractivity contribution in [1.29, 1.82) is 0 Å². The molecule has 1 heterocycles. The van der Waals surface area contributed by atoms with E-state index in [1.165, 1.54) is 13.0 Å². The van der Waals surface area contributed by atoms with Crippen LogP contribution in [0, 0.1) is 12.7 Å². The molecule has 0 saturated carbocycles. The number of rotatable bonds is 7. The Kier molecular flexibility index (Phi) is 6.70. The predicted molar refractivity (Wildman–Crippen MR) is 111 cm³/mol. The zero-order chi connectivity index (χ0) is 22.7. The Balaban J connectivity index is 1.47. The van der Waals surface area contributed by atoms with Gasteiger partial charge in [0.15, 0.2) is 6.10 Å². The monoisotopic (exact) mass is 446 g/mol. The summed E-state index contributed by atoms with van der Waals surface area (Å²) in [6, 6.07) is 8.53. The number of benzene rings is 2. The Morgan fingerprint density at radius 1 is 1.13 bits per heavy atom. The number of nitrogens with zero attached hydrogens (tertiary/aromatic N) is 1. The van der Waals surface area contributed by atoms with Gasteiger partial charge in [0, 0.05) is 13.0 Å². The van der Waals surface area contributed by atoms with Crippen molar-refractivity contribution in [2.45, 2.75) is 32.8 Å². The van der Waals surface area contributed by atoms with Gasteiger partial charge < -0.3 is 10.1 Å². The van der Waals surface area contributed by atoms with Gasteiger partial charge in [0.2, 0.25) is 0 Å². The largest absolute Gasteiger partial charge is 0.453 e. The second-order valence-electron chi connectivity index (χ2n) is 7.16. The van der Waals surface area contributed by atoms with Gasteiger partial charge in [-0.05, 0) is 50.6 Å². The highest BCUT2D eigenvalue weighted by atomic mass is 35.5. The summed E-state index contributed by atoms with van der Waals surface area (Å²) < 4.78 is 18.2. The van der Waals surface area contributed by atoms with Crippen molar-refractivity contribution in [3.05, 3.63) is 63.9 Å². The summed E-state index contributed by atoms with van der Waals surface area (Å²) in [4.78, 5) is 50.1. The molecule has 1 aliphatic heterocycles. The van der Waals surface area contributed by atoms with Crippen molar-refractivity contribution < 1.29 is 28.3 Å². The van der Waals surface area contributed by atoms with E-state index in [4.69, 9.17) is 16.3 Å². The van der Waals surface area contributed by atoms with E-state index in [0.717, 1.165) is 22.6 Å². The second kappa shape index (κ2) is 9.26. The molecule has 3 rings (SSSR count). The summed E-state index contributed by atoms with van der Waals surface area (Å²) in [6.07, 6.45) is -1.00. The van der Waals surface area contributed by atoms with Gasteiger partial charge in [-0.2, -0.15) is 0 Å². The molecule has 1 N–H and O–H groups in total. The lowest BCUT2D eigenvalue weighted by Crippen LogP contribution is -2.32. The molecule has 0 aliphatic carbocycles. The number of aryl methyl sites for hydroxylation is 1.